The highest BCUT2D eigenvalue weighted by Gasteiger charge is 2.22. The van der Waals surface area contributed by atoms with Crippen LogP contribution in [0.1, 0.15) is 43.1 Å². The number of nitrogens with one attached hydrogen (secondary N) is 1. The van der Waals surface area contributed by atoms with Crippen LogP contribution in [-0.4, -0.2) is 21.7 Å². The Balaban J connectivity index is 1.79. The van der Waals surface area contributed by atoms with Crippen molar-refractivity contribution in [1.82, 2.24) is 15.1 Å². The van der Waals surface area contributed by atoms with E-state index in [0.29, 0.717) is 11.7 Å². The lowest BCUT2D eigenvalue weighted by Gasteiger charge is -2.26. The van der Waals surface area contributed by atoms with Crippen molar-refractivity contribution in [2.45, 2.75) is 38.6 Å². The molecule has 1 aromatic heterocycles. The smallest absolute Gasteiger partial charge is 0.272 e. The number of hydrogen-bond donors (Lipinski definition) is 1. The van der Waals surface area contributed by atoms with E-state index in [-0.39, 0.29) is 5.91 Å². The third kappa shape index (κ3) is 2.42. The summed E-state index contributed by atoms with van der Waals surface area (Å²) in [5, 5.41) is 8.45. The van der Waals surface area contributed by atoms with E-state index in [1.807, 2.05) is 31.3 Å². The minimum absolute atomic E-state index is 0.0404. The van der Waals surface area contributed by atoms with Crippen LogP contribution in [0.5, 0.6) is 0 Å². The molecule has 1 N–H and O–H groups in total. The Kier molecular flexibility index (Phi) is 3.47. The molecule has 0 bridgehead atoms. The van der Waals surface area contributed by atoms with Crippen LogP contribution in [0.15, 0.2) is 24.3 Å². The molecule has 0 aliphatic heterocycles. The zero-order chi connectivity index (χ0) is 14.1. The van der Waals surface area contributed by atoms with Gasteiger partial charge < -0.3 is 5.32 Å². The predicted octanol–water partition coefficient (Wildman–Crippen LogP) is 2.88. The summed E-state index contributed by atoms with van der Waals surface area (Å²) in [5.74, 6) is 0.750. The second kappa shape index (κ2) is 5.27. The molecule has 3 rings (SSSR count). The fraction of sp³-hybridized carbons (Fsp3) is 0.500. The molecule has 1 aliphatic rings. The van der Waals surface area contributed by atoms with E-state index in [2.05, 4.69) is 17.3 Å². The van der Waals surface area contributed by atoms with Crippen molar-refractivity contribution in [3.63, 3.8) is 0 Å². The summed E-state index contributed by atoms with van der Waals surface area (Å²) in [5.41, 5.74) is 1.54. The maximum atomic E-state index is 12.4. The van der Waals surface area contributed by atoms with Crippen LogP contribution in [0.2, 0.25) is 0 Å². The number of carbonyl (C=O) groups excluding carboxylic acids is 1. The van der Waals surface area contributed by atoms with Crippen molar-refractivity contribution in [3.05, 3.63) is 30.0 Å². The van der Waals surface area contributed by atoms with Crippen LogP contribution in [0.4, 0.5) is 0 Å². The Bertz CT molecular complexity index is 624. The molecule has 1 saturated carbocycles. The molecule has 4 nitrogen and oxygen atoms in total. The number of rotatable bonds is 2. The number of nitrogens with zero attached hydrogens (tertiary/aromatic N) is 2. The Hall–Kier alpha value is -1.84. The van der Waals surface area contributed by atoms with Gasteiger partial charge >= 0.3 is 0 Å². The van der Waals surface area contributed by atoms with Gasteiger partial charge in [-0.2, -0.15) is 5.10 Å². The van der Waals surface area contributed by atoms with Gasteiger partial charge in [-0.05, 0) is 37.7 Å². The predicted molar refractivity (Wildman–Crippen MR) is 79.6 cm³/mol. The van der Waals surface area contributed by atoms with Crippen LogP contribution < -0.4 is 5.32 Å². The highest BCUT2D eigenvalue weighted by atomic mass is 16.2. The maximum Gasteiger partial charge on any atom is 0.272 e. The third-order valence-corrected chi connectivity index (χ3v) is 4.32. The number of benzene rings is 1. The lowest BCUT2D eigenvalue weighted by atomic mass is 9.87. The van der Waals surface area contributed by atoms with Crippen molar-refractivity contribution >= 4 is 16.8 Å². The molecule has 0 spiro atoms. The van der Waals surface area contributed by atoms with Crippen molar-refractivity contribution in [1.29, 1.82) is 0 Å². The van der Waals surface area contributed by atoms with Crippen LogP contribution >= 0.6 is 0 Å². The van der Waals surface area contributed by atoms with E-state index in [0.717, 1.165) is 29.7 Å². The van der Waals surface area contributed by atoms with Gasteiger partial charge in [0.25, 0.3) is 5.91 Å². The fourth-order valence-electron chi connectivity index (χ4n) is 3.04. The maximum absolute atomic E-state index is 12.4. The molecule has 0 unspecified atom stereocenters. The van der Waals surface area contributed by atoms with E-state index < -0.39 is 0 Å². The van der Waals surface area contributed by atoms with Crippen LogP contribution in [-0.2, 0) is 7.05 Å². The van der Waals surface area contributed by atoms with Crippen molar-refractivity contribution in [3.8, 4) is 0 Å². The summed E-state index contributed by atoms with van der Waals surface area (Å²) in [6.45, 7) is 2.28. The van der Waals surface area contributed by atoms with Gasteiger partial charge in [-0.15, -0.1) is 0 Å². The monoisotopic (exact) mass is 271 g/mol. The van der Waals surface area contributed by atoms with Crippen molar-refractivity contribution in [2.24, 2.45) is 13.0 Å². The zero-order valence-corrected chi connectivity index (χ0v) is 12.1. The van der Waals surface area contributed by atoms with Gasteiger partial charge in [0.1, 0.15) is 0 Å². The molecule has 1 aromatic carbocycles. The fourth-order valence-corrected chi connectivity index (χ4v) is 3.04. The molecule has 4 heteroatoms. The number of aryl methyl sites for hydroxylation is 1. The first-order chi connectivity index (χ1) is 9.65. The lowest BCUT2D eigenvalue weighted by Crippen LogP contribution is -2.37. The van der Waals surface area contributed by atoms with E-state index in [9.17, 15) is 4.79 Å². The summed E-state index contributed by atoms with van der Waals surface area (Å²) in [7, 11) is 1.88. The number of aromatic nitrogens is 2. The largest absolute Gasteiger partial charge is 0.348 e. The second-order valence-corrected chi connectivity index (χ2v) is 5.92. The van der Waals surface area contributed by atoms with Gasteiger partial charge in [0.15, 0.2) is 5.69 Å². The number of para-hydroxylation sites is 1. The van der Waals surface area contributed by atoms with E-state index in [4.69, 9.17) is 0 Å². The average Bonchev–Trinajstić information content (AvgIpc) is 2.79. The summed E-state index contributed by atoms with van der Waals surface area (Å²) in [4.78, 5) is 12.4. The van der Waals surface area contributed by atoms with Gasteiger partial charge in [-0.25, -0.2) is 0 Å². The molecule has 1 fully saturated rings. The molecule has 1 amide bonds. The average molecular weight is 271 g/mol. The van der Waals surface area contributed by atoms with Crippen LogP contribution in [0.25, 0.3) is 10.9 Å². The third-order valence-electron chi connectivity index (χ3n) is 4.32. The van der Waals surface area contributed by atoms with E-state index >= 15 is 0 Å². The van der Waals surface area contributed by atoms with Gasteiger partial charge in [0, 0.05) is 18.5 Å². The van der Waals surface area contributed by atoms with Gasteiger partial charge in [-0.1, -0.05) is 25.1 Å². The molecular formula is C16H21N3O. The molecule has 0 saturated heterocycles. The molecule has 106 valence electrons. The standard InChI is InChI=1S/C16H21N3O/c1-11-7-9-12(10-8-11)17-16(20)15-13-5-3-4-6-14(13)19(2)18-15/h3-6,11-12H,7-10H2,1-2H3,(H,17,20). The molecule has 0 atom stereocenters. The first kappa shape index (κ1) is 13.2. The minimum atomic E-state index is -0.0404. The number of hydrogen-bond acceptors (Lipinski definition) is 2. The Morgan fingerprint density at radius 2 is 1.95 bits per heavy atom. The quantitative estimate of drug-likeness (QED) is 0.913. The van der Waals surface area contributed by atoms with Gasteiger partial charge in [-0.3, -0.25) is 9.48 Å². The topological polar surface area (TPSA) is 46.9 Å². The molecule has 1 aliphatic carbocycles. The summed E-state index contributed by atoms with van der Waals surface area (Å²) < 4.78 is 1.77. The summed E-state index contributed by atoms with van der Waals surface area (Å²) in [6, 6.07) is 8.17. The van der Waals surface area contributed by atoms with Crippen molar-refractivity contribution < 1.29 is 4.79 Å². The van der Waals surface area contributed by atoms with E-state index in [1.165, 1.54) is 12.8 Å². The lowest BCUT2D eigenvalue weighted by molar-refractivity contribution is 0.0919. The van der Waals surface area contributed by atoms with E-state index in [1.54, 1.807) is 4.68 Å². The molecular weight excluding hydrogens is 250 g/mol. The number of fused-ring (bicyclic) bond motifs is 1. The zero-order valence-electron chi connectivity index (χ0n) is 12.1. The number of carbonyl (C=O) groups is 1. The first-order valence-corrected chi connectivity index (χ1v) is 7.37. The van der Waals surface area contributed by atoms with Crippen LogP contribution in [0.3, 0.4) is 0 Å². The van der Waals surface area contributed by atoms with Gasteiger partial charge in [0.2, 0.25) is 0 Å². The SMILES string of the molecule is CC1CCC(NC(=O)c2nn(C)c3ccccc23)CC1. The summed E-state index contributed by atoms with van der Waals surface area (Å²) >= 11 is 0. The highest BCUT2D eigenvalue weighted by Crippen LogP contribution is 2.24. The number of amides is 1. The highest BCUT2D eigenvalue weighted by molar-refractivity contribution is 6.04. The molecule has 2 aromatic rings. The normalized spacial score (nSPS) is 22.9. The van der Waals surface area contributed by atoms with Crippen molar-refractivity contribution in [2.75, 3.05) is 0 Å². The molecule has 0 radical (unpaired) electrons. The second-order valence-electron chi connectivity index (χ2n) is 5.92. The summed E-state index contributed by atoms with van der Waals surface area (Å²) in [6.07, 6.45) is 4.57. The molecule has 1 heterocycles. The Morgan fingerprint density at radius 3 is 2.70 bits per heavy atom. The first-order valence-electron chi connectivity index (χ1n) is 7.37. The minimum Gasteiger partial charge on any atom is -0.348 e. The Labute approximate surface area is 119 Å². The Morgan fingerprint density at radius 1 is 1.25 bits per heavy atom. The van der Waals surface area contributed by atoms with Gasteiger partial charge in [0.05, 0.1) is 5.52 Å². The molecule has 20 heavy (non-hydrogen) atoms. The van der Waals surface area contributed by atoms with Crippen LogP contribution in [0, 0.1) is 5.92 Å².